The van der Waals surface area contributed by atoms with E-state index in [2.05, 4.69) is 17.0 Å². The van der Waals surface area contributed by atoms with E-state index in [1.807, 2.05) is 0 Å². The summed E-state index contributed by atoms with van der Waals surface area (Å²) in [5.41, 5.74) is 1.30. The summed E-state index contributed by atoms with van der Waals surface area (Å²) in [6.07, 6.45) is 0. The van der Waals surface area contributed by atoms with E-state index >= 15 is 0 Å². The highest BCUT2D eigenvalue weighted by Gasteiger charge is 2.24. The number of benzene rings is 1. The molecule has 1 aliphatic rings. The van der Waals surface area contributed by atoms with Gasteiger partial charge in [-0.2, -0.15) is 0 Å². The number of nitrogens with one attached hydrogen (secondary N) is 1. The fourth-order valence-corrected chi connectivity index (χ4v) is 2.04. The normalized spacial score (nSPS) is 16.5. The Labute approximate surface area is 119 Å². The number of nitro groups is 1. The van der Waals surface area contributed by atoms with Gasteiger partial charge in [0, 0.05) is 18.8 Å². The highest BCUT2D eigenvalue weighted by atomic mass is 35.5. The summed E-state index contributed by atoms with van der Waals surface area (Å²) < 4.78 is 0. The molecule has 0 aliphatic carbocycles. The van der Waals surface area contributed by atoms with Crippen LogP contribution < -0.4 is 5.32 Å². The molecule has 1 saturated heterocycles. The van der Waals surface area contributed by atoms with Crippen molar-refractivity contribution in [2.24, 2.45) is 5.10 Å². The maximum absolute atomic E-state index is 10.4. The van der Waals surface area contributed by atoms with Crippen LogP contribution in [0.2, 0.25) is 10.0 Å². The average molecular weight is 301 g/mol. The highest BCUT2D eigenvalue weighted by molar-refractivity contribution is 6.42. The Morgan fingerprint density at radius 3 is 2.84 bits per heavy atom. The monoisotopic (exact) mass is 300 g/mol. The summed E-state index contributed by atoms with van der Waals surface area (Å²) in [6.45, 7) is 5.03. The largest absolute Gasteiger partial charge is 0.349 e. The van der Waals surface area contributed by atoms with Gasteiger partial charge in [-0.05, 0) is 17.7 Å². The van der Waals surface area contributed by atoms with E-state index in [0.717, 1.165) is 5.56 Å². The van der Waals surface area contributed by atoms with Crippen LogP contribution in [0.25, 0.3) is 5.70 Å². The van der Waals surface area contributed by atoms with Crippen LogP contribution in [0.4, 0.5) is 0 Å². The molecule has 0 amide bonds. The molecule has 2 rings (SSSR count). The molecule has 0 atom stereocenters. The molecule has 1 N–H and O–H groups in total. The molecule has 1 fully saturated rings. The number of hydrazone groups is 1. The number of rotatable bonds is 3. The Hall–Kier alpha value is -1.79. The zero-order valence-corrected chi connectivity index (χ0v) is 11.3. The van der Waals surface area contributed by atoms with Crippen molar-refractivity contribution in [2.45, 2.75) is 0 Å². The van der Waals surface area contributed by atoms with E-state index < -0.39 is 5.03 Å². The second-order valence-electron chi connectivity index (χ2n) is 3.82. The predicted molar refractivity (Wildman–Crippen MR) is 74.6 cm³/mol. The molecule has 1 heterocycles. The lowest BCUT2D eigenvalue weighted by Crippen LogP contribution is -2.29. The molecule has 0 aromatic heterocycles. The van der Waals surface area contributed by atoms with Gasteiger partial charge in [-0.3, -0.25) is 0 Å². The summed E-state index contributed by atoms with van der Waals surface area (Å²) in [6, 6.07) is 5.06. The summed E-state index contributed by atoms with van der Waals surface area (Å²) in [5.74, 6) is 0.168. The summed E-state index contributed by atoms with van der Waals surface area (Å²) in [5, 5.41) is 16.6. The fraction of sp³-hybridized carbons (Fsp3) is 0.182. The minimum atomic E-state index is -0.747. The van der Waals surface area contributed by atoms with Crippen LogP contribution in [-0.4, -0.2) is 29.0 Å². The van der Waals surface area contributed by atoms with Gasteiger partial charge < -0.3 is 10.2 Å². The van der Waals surface area contributed by atoms with Crippen molar-refractivity contribution in [1.29, 1.82) is 0 Å². The first kappa shape index (κ1) is 13.6. The Bertz CT molecular complexity index is 574. The van der Waals surface area contributed by atoms with Gasteiger partial charge in [-0.1, -0.05) is 35.8 Å². The third-order valence-corrected chi connectivity index (χ3v) is 3.37. The van der Waals surface area contributed by atoms with Gasteiger partial charge in [0.2, 0.25) is 0 Å². The molecule has 100 valence electrons. The van der Waals surface area contributed by atoms with E-state index in [1.165, 1.54) is 0 Å². The molecule has 6 nitrogen and oxygen atoms in total. The lowest BCUT2D eigenvalue weighted by Gasteiger charge is -2.18. The van der Waals surface area contributed by atoms with Crippen molar-refractivity contribution in [3.05, 3.63) is 50.5 Å². The Kier molecular flexibility index (Phi) is 3.92. The number of halogens is 2. The third kappa shape index (κ3) is 2.97. The van der Waals surface area contributed by atoms with Crippen LogP contribution in [0.5, 0.6) is 0 Å². The SMILES string of the molecule is C=C(c1ccc(Cl)c(Cl)c1)N1CCN/C1=N\[N+](=O)[O-]. The molecular weight excluding hydrogens is 291 g/mol. The minimum Gasteiger partial charge on any atom is -0.349 e. The fourth-order valence-electron chi connectivity index (χ4n) is 1.74. The van der Waals surface area contributed by atoms with Crippen molar-refractivity contribution < 1.29 is 5.03 Å². The molecule has 0 spiro atoms. The number of nitrogens with zero attached hydrogens (tertiary/aromatic N) is 3. The van der Waals surface area contributed by atoms with Gasteiger partial charge in [0.25, 0.3) is 5.96 Å². The van der Waals surface area contributed by atoms with Crippen molar-refractivity contribution in [3.8, 4) is 0 Å². The molecule has 19 heavy (non-hydrogen) atoms. The van der Waals surface area contributed by atoms with Gasteiger partial charge in [-0.25, -0.2) is 10.1 Å². The summed E-state index contributed by atoms with van der Waals surface area (Å²) in [7, 11) is 0. The first-order valence-corrected chi connectivity index (χ1v) is 6.13. The van der Waals surface area contributed by atoms with Gasteiger partial charge in [0.05, 0.1) is 10.0 Å². The Morgan fingerprint density at radius 2 is 2.21 bits per heavy atom. The van der Waals surface area contributed by atoms with Crippen LogP contribution in [0.15, 0.2) is 29.9 Å². The number of guanidine groups is 1. The molecule has 0 radical (unpaired) electrons. The molecule has 1 aliphatic heterocycles. The molecule has 0 saturated carbocycles. The first-order chi connectivity index (χ1) is 8.99. The summed E-state index contributed by atoms with van der Waals surface area (Å²) in [4.78, 5) is 12.1. The van der Waals surface area contributed by atoms with Crippen molar-refractivity contribution >= 4 is 34.9 Å². The zero-order valence-electron chi connectivity index (χ0n) is 9.77. The minimum absolute atomic E-state index is 0.168. The maximum Gasteiger partial charge on any atom is 0.275 e. The van der Waals surface area contributed by atoms with Crippen LogP contribution in [0, 0.1) is 10.1 Å². The number of hydrogen-bond donors (Lipinski definition) is 1. The first-order valence-electron chi connectivity index (χ1n) is 5.38. The smallest absolute Gasteiger partial charge is 0.275 e. The molecule has 0 bridgehead atoms. The lowest BCUT2D eigenvalue weighted by atomic mass is 10.1. The van der Waals surface area contributed by atoms with Crippen LogP contribution >= 0.6 is 23.2 Å². The predicted octanol–water partition coefficient (Wildman–Crippen LogP) is 2.42. The topological polar surface area (TPSA) is 70.8 Å². The average Bonchev–Trinajstić information content (AvgIpc) is 2.79. The standard InChI is InChI=1S/C11H10Cl2N4O2/c1-7(8-2-3-9(12)10(13)6-8)16-5-4-14-11(16)15-17(18)19/h2-3,6H,1,4-5H2,(H,14,15). The van der Waals surface area contributed by atoms with Gasteiger partial charge >= 0.3 is 0 Å². The van der Waals surface area contributed by atoms with Crippen LogP contribution in [0.1, 0.15) is 5.56 Å². The quantitative estimate of drug-likeness (QED) is 0.687. The summed E-state index contributed by atoms with van der Waals surface area (Å²) >= 11 is 11.8. The maximum atomic E-state index is 10.4. The second-order valence-corrected chi connectivity index (χ2v) is 4.63. The van der Waals surface area contributed by atoms with E-state index in [-0.39, 0.29) is 5.96 Å². The van der Waals surface area contributed by atoms with Crippen LogP contribution in [0.3, 0.4) is 0 Å². The number of hydrogen-bond acceptors (Lipinski definition) is 2. The van der Waals surface area contributed by atoms with Gasteiger partial charge in [0.1, 0.15) is 5.10 Å². The second kappa shape index (κ2) is 5.46. The van der Waals surface area contributed by atoms with E-state index in [4.69, 9.17) is 23.2 Å². The van der Waals surface area contributed by atoms with Crippen molar-refractivity contribution in [1.82, 2.24) is 10.2 Å². The van der Waals surface area contributed by atoms with E-state index in [1.54, 1.807) is 23.1 Å². The zero-order chi connectivity index (χ0) is 14.0. The van der Waals surface area contributed by atoms with E-state index in [0.29, 0.717) is 28.8 Å². The Balaban J connectivity index is 2.28. The Morgan fingerprint density at radius 1 is 1.47 bits per heavy atom. The van der Waals surface area contributed by atoms with E-state index in [9.17, 15) is 10.1 Å². The lowest BCUT2D eigenvalue weighted by molar-refractivity contribution is -0.485. The molecular formula is C11H10Cl2N4O2. The van der Waals surface area contributed by atoms with Crippen molar-refractivity contribution in [2.75, 3.05) is 13.1 Å². The van der Waals surface area contributed by atoms with Gasteiger partial charge in [-0.15, -0.1) is 0 Å². The van der Waals surface area contributed by atoms with Crippen LogP contribution in [-0.2, 0) is 0 Å². The highest BCUT2D eigenvalue weighted by Crippen LogP contribution is 2.27. The van der Waals surface area contributed by atoms with Crippen molar-refractivity contribution in [3.63, 3.8) is 0 Å². The molecule has 8 heteroatoms. The molecule has 1 aromatic rings. The van der Waals surface area contributed by atoms with Gasteiger partial charge in [0.15, 0.2) is 5.03 Å². The molecule has 0 unspecified atom stereocenters. The third-order valence-electron chi connectivity index (χ3n) is 2.63. The molecule has 1 aromatic carbocycles.